The summed E-state index contributed by atoms with van der Waals surface area (Å²) in [6, 6.07) is 36.0. The Morgan fingerprint density at radius 2 is 1.18 bits per heavy atom. The van der Waals surface area contributed by atoms with Gasteiger partial charge in [-0.1, -0.05) is 66.7 Å². The van der Waals surface area contributed by atoms with Crippen LogP contribution in [0.15, 0.2) is 109 Å². The number of benzene rings is 4. The number of fused-ring (bicyclic) bond motifs is 1. The zero-order valence-corrected chi connectivity index (χ0v) is 16.0. The summed E-state index contributed by atoms with van der Waals surface area (Å²) in [6.45, 7) is 0. The van der Waals surface area contributed by atoms with Crippen LogP contribution in [0, 0.1) is 0 Å². The molecule has 0 saturated heterocycles. The third-order valence-corrected chi connectivity index (χ3v) is 5.62. The lowest BCUT2D eigenvalue weighted by atomic mass is 10.0. The number of hydrogen-bond donors (Lipinski definition) is 0. The molecular weight excluding hydrogens is 360 g/mol. The van der Waals surface area contributed by atoms with Crippen molar-refractivity contribution in [3.8, 4) is 11.1 Å². The molecule has 2 nitrogen and oxygen atoms in total. The van der Waals surface area contributed by atoms with Gasteiger partial charge in [0.1, 0.15) is 0 Å². The number of anilines is 3. The molecule has 5 aromatic rings. The molecule has 0 amide bonds. The standard InChI is InChI=1S/C25H18N2S/c1-3-10-19(11-4-1)27(20-12-5-2-6-13-20)23-16-8-7-14-21(23)22-15-9-17-24-25(22)26-18-28-24/h1-18H. The number of hydrogen-bond acceptors (Lipinski definition) is 3. The maximum atomic E-state index is 4.64. The molecule has 0 aliphatic carbocycles. The fourth-order valence-electron chi connectivity index (χ4n) is 3.58. The van der Waals surface area contributed by atoms with Crippen LogP contribution >= 0.6 is 11.3 Å². The largest absolute Gasteiger partial charge is 0.310 e. The lowest BCUT2D eigenvalue weighted by molar-refractivity contribution is 1.28. The minimum atomic E-state index is 1.06. The van der Waals surface area contributed by atoms with Crippen molar-refractivity contribution in [3.05, 3.63) is 109 Å². The second-order valence-corrected chi connectivity index (χ2v) is 7.41. The van der Waals surface area contributed by atoms with E-state index in [-0.39, 0.29) is 0 Å². The minimum absolute atomic E-state index is 1.06. The Morgan fingerprint density at radius 1 is 0.571 bits per heavy atom. The smallest absolute Gasteiger partial charge is 0.0891 e. The monoisotopic (exact) mass is 378 g/mol. The van der Waals surface area contributed by atoms with Crippen LogP contribution < -0.4 is 4.90 Å². The molecule has 0 saturated carbocycles. The van der Waals surface area contributed by atoms with Crippen LogP contribution in [-0.2, 0) is 0 Å². The fourth-order valence-corrected chi connectivity index (χ4v) is 4.28. The van der Waals surface area contributed by atoms with Crippen LogP contribution in [0.3, 0.4) is 0 Å². The van der Waals surface area contributed by atoms with Gasteiger partial charge >= 0.3 is 0 Å². The van der Waals surface area contributed by atoms with Gasteiger partial charge in [-0.05, 0) is 36.4 Å². The summed E-state index contributed by atoms with van der Waals surface area (Å²) in [6.07, 6.45) is 0. The van der Waals surface area contributed by atoms with Crippen LogP contribution in [0.4, 0.5) is 17.1 Å². The van der Waals surface area contributed by atoms with E-state index in [1.807, 2.05) is 5.51 Å². The molecule has 0 aliphatic heterocycles. The van der Waals surface area contributed by atoms with Crippen molar-refractivity contribution in [3.63, 3.8) is 0 Å². The van der Waals surface area contributed by atoms with Crippen LogP contribution in [0.1, 0.15) is 0 Å². The van der Waals surface area contributed by atoms with Gasteiger partial charge in [0.25, 0.3) is 0 Å². The van der Waals surface area contributed by atoms with Gasteiger partial charge in [-0.15, -0.1) is 11.3 Å². The zero-order chi connectivity index (χ0) is 18.8. The van der Waals surface area contributed by atoms with Crippen molar-refractivity contribution in [2.45, 2.75) is 0 Å². The summed E-state index contributed by atoms with van der Waals surface area (Å²) in [5.74, 6) is 0. The molecule has 1 aromatic heterocycles. The molecule has 0 fully saturated rings. The van der Waals surface area contributed by atoms with Gasteiger partial charge in [0.05, 0.1) is 21.4 Å². The Labute approximate surface area is 168 Å². The molecule has 5 rings (SSSR count). The molecule has 0 spiro atoms. The Balaban J connectivity index is 1.77. The first-order chi connectivity index (χ1) is 13.9. The maximum Gasteiger partial charge on any atom is 0.0891 e. The summed E-state index contributed by atoms with van der Waals surface area (Å²) < 4.78 is 1.21. The van der Waals surface area contributed by atoms with Crippen molar-refractivity contribution in [1.82, 2.24) is 4.98 Å². The maximum absolute atomic E-state index is 4.64. The number of thiazole rings is 1. The van der Waals surface area contributed by atoms with Gasteiger partial charge < -0.3 is 4.90 Å². The molecule has 0 unspecified atom stereocenters. The number of para-hydroxylation sites is 4. The molecular formula is C25H18N2S. The van der Waals surface area contributed by atoms with E-state index in [1.165, 1.54) is 10.3 Å². The first kappa shape index (κ1) is 16.7. The van der Waals surface area contributed by atoms with Crippen molar-refractivity contribution in [1.29, 1.82) is 0 Å². The van der Waals surface area contributed by atoms with Crippen LogP contribution in [0.25, 0.3) is 21.3 Å². The highest BCUT2D eigenvalue weighted by Gasteiger charge is 2.18. The van der Waals surface area contributed by atoms with Gasteiger partial charge in [0, 0.05) is 22.5 Å². The van der Waals surface area contributed by atoms with Gasteiger partial charge in [0.2, 0.25) is 0 Å². The second-order valence-electron chi connectivity index (χ2n) is 6.53. The normalized spacial score (nSPS) is 10.9. The van der Waals surface area contributed by atoms with Gasteiger partial charge in [-0.2, -0.15) is 0 Å². The number of nitrogens with zero attached hydrogens (tertiary/aromatic N) is 2. The molecule has 1 heterocycles. The molecule has 4 aromatic carbocycles. The van der Waals surface area contributed by atoms with E-state index in [9.17, 15) is 0 Å². The van der Waals surface area contributed by atoms with Gasteiger partial charge in [-0.25, -0.2) is 4.98 Å². The Morgan fingerprint density at radius 3 is 1.89 bits per heavy atom. The number of aromatic nitrogens is 1. The molecule has 0 atom stereocenters. The van der Waals surface area contributed by atoms with E-state index in [0.717, 1.165) is 28.1 Å². The predicted octanol–water partition coefficient (Wildman–Crippen LogP) is 7.43. The topological polar surface area (TPSA) is 16.1 Å². The second kappa shape index (κ2) is 7.29. The molecule has 28 heavy (non-hydrogen) atoms. The zero-order valence-electron chi connectivity index (χ0n) is 15.2. The van der Waals surface area contributed by atoms with Gasteiger partial charge in [-0.3, -0.25) is 0 Å². The third-order valence-electron chi connectivity index (χ3n) is 4.82. The predicted molar refractivity (Wildman–Crippen MR) is 120 cm³/mol. The average Bonchev–Trinajstić information content (AvgIpc) is 3.25. The summed E-state index contributed by atoms with van der Waals surface area (Å²) in [5, 5.41) is 0. The van der Waals surface area contributed by atoms with Gasteiger partial charge in [0.15, 0.2) is 0 Å². The van der Waals surface area contributed by atoms with Crippen molar-refractivity contribution < 1.29 is 0 Å². The highest BCUT2D eigenvalue weighted by atomic mass is 32.1. The van der Waals surface area contributed by atoms with E-state index < -0.39 is 0 Å². The molecule has 3 heteroatoms. The first-order valence-corrected chi connectivity index (χ1v) is 10.1. The van der Waals surface area contributed by atoms with Crippen molar-refractivity contribution in [2.24, 2.45) is 0 Å². The highest BCUT2D eigenvalue weighted by molar-refractivity contribution is 7.16. The van der Waals surface area contributed by atoms with E-state index in [4.69, 9.17) is 0 Å². The van der Waals surface area contributed by atoms with Crippen LogP contribution in [0.5, 0.6) is 0 Å². The lowest BCUT2D eigenvalue weighted by Crippen LogP contribution is -2.10. The third kappa shape index (κ3) is 2.96. The summed E-state index contributed by atoms with van der Waals surface area (Å²) in [4.78, 5) is 6.95. The minimum Gasteiger partial charge on any atom is -0.310 e. The van der Waals surface area contributed by atoms with E-state index >= 15 is 0 Å². The fraction of sp³-hybridized carbons (Fsp3) is 0. The SMILES string of the molecule is c1ccc(N(c2ccccc2)c2ccccc2-c2cccc3scnc23)cc1. The first-order valence-electron chi connectivity index (χ1n) is 9.24. The van der Waals surface area contributed by atoms with Crippen LogP contribution in [0.2, 0.25) is 0 Å². The Kier molecular flexibility index (Phi) is 4.36. The van der Waals surface area contributed by atoms with Crippen molar-refractivity contribution >= 4 is 38.6 Å². The summed E-state index contributed by atoms with van der Waals surface area (Å²) >= 11 is 1.68. The Bertz CT molecular complexity index is 1170. The molecule has 0 aliphatic rings. The van der Waals surface area contributed by atoms with Crippen LogP contribution in [-0.4, -0.2) is 4.98 Å². The van der Waals surface area contributed by atoms with Crippen molar-refractivity contribution in [2.75, 3.05) is 4.90 Å². The van der Waals surface area contributed by atoms with E-state index in [2.05, 4.69) is 113 Å². The Hall–Kier alpha value is -3.43. The quantitative estimate of drug-likeness (QED) is 0.323. The number of rotatable bonds is 4. The molecule has 0 N–H and O–H groups in total. The molecule has 0 bridgehead atoms. The molecule has 134 valence electrons. The summed E-state index contributed by atoms with van der Waals surface area (Å²) in [5.41, 5.74) is 8.71. The highest BCUT2D eigenvalue weighted by Crippen LogP contribution is 2.42. The van der Waals surface area contributed by atoms with E-state index in [0.29, 0.717) is 0 Å². The van der Waals surface area contributed by atoms with E-state index in [1.54, 1.807) is 11.3 Å². The average molecular weight is 379 g/mol. The lowest BCUT2D eigenvalue weighted by Gasteiger charge is -2.27. The molecule has 0 radical (unpaired) electrons. The summed E-state index contributed by atoms with van der Waals surface area (Å²) in [7, 11) is 0.